The van der Waals surface area contributed by atoms with Gasteiger partial charge in [0.2, 0.25) is 5.91 Å². The van der Waals surface area contributed by atoms with Crippen molar-refractivity contribution >= 4 is 11.7 Å². The van der Waals surface area contributed by atoms with Crippen LogP contribution in [0, 0.1) is 28.7 Å². The molecule has 1 atom stereocenters. The van der Waals surface area contributed by atoms with E-state index in [4.69, 9.17) is 10.5 Å². The second-order valence-corrected chi connectivity index (χ2v) is 6.03. The van der Waals surface area contributed by atoms with Crippen molar-refractivity contribution in [2.45, 2.75) is 12.8 Å². The highest BCUT2D eigenvalue weighted by atomic mass is 19.4. The van der Waals surface area contributed by atoms with Crippen LogP contribution in [0.15, 0.2) is 30.7 Å². The number of nitriles is 2. The Morgan fingerprint density at radius 3 is 2.79 bits per heavy atom. The van der Waals surface area contributed by atoms with E-state index in [1.165, 1.54) is 34.1 Å². The zero-order valence-electron chi connectivity index (χ0n) is 14.3. The zero-order chi connectivity index (χ0) is 20.3. The molecule has 0 saturated carbocycles. The average molecular weight is 390 g/mol. The fraction of sp³-hybridized carbons (Fsp3) is 0.294. The van der Waals surface area contributed by atoms with Crippen molar-refractivity contribution in [2.24, 2.45) is 5.92 Å². The quantitative estimate of drug-likeness (QED) is 0.804. The van der Waals surface area contributed by atoms with Gasteiger partial charge in [-0.1, -0.05) is 0 Å². The van der Waals surface area contributed by atoms with Gasteiger partial charge in [0.25, 0.3) is 0 Å². The van der Waals surface area contributed by atoms with Crippen molar-refractivity contribution in [1.82, 2.24) is 14.5 Å². The molecule has 8 nitrogen and oxygen atoms in total. The molecule has 1 N–H and O–H groups in total. The number of anilines is 1. The first-order valence-electron chi connectivity index (χ1n) is 8.09. The Morgan fingerprint density at radius 1 is 1.36 bits per heavy atom. The Balaban J connectivity index is 1.75. The molecule has 3 rings (SSSR count). The summed E-state index contributed by atoms with van der Waals surface area (Å²) in [5, 5.41) is 20.4. The molecular formula is C17H13F3N6O2. The predicted molar refractivity (Wildman–Crippen MR) is 88.9 cm³/mol. The van der Waals surface area contributed by atoms with Gasteiger partial charge in [-0.15, -0.1) is 13.2 Å². The molecule has 0 radical (unpaired) electrons. The molecule has 1 aliphatic heterocycles. The first-order valence-corrected chi connectivity index (χ1v) is 8.09. The van der Waals surface area contributed by atoms with E-state index in [1.54, 1.807) is 6.07 Å². The summed E-state index contributed by atoms with van der Waals surface area (Å²) in [6.07, 6.45) is 0.338. The number of imidazole rings is 1. The fourth-order valence-corrected chi connectivity index (χ4v) is 2.80. The Bertz CT molecular complexity index is 972. The van der Waals surface area contributed by atoms with Gasteiger partial charge in [0.1, 0.15) is 18.1 Å². The number of hydrogen-bond donors (Lipinski definition) is 1. The van der Waals surface area contributed by atoms with Crippen LogP contribution in [0.1, 0.15) is 12.0 Å². The maximum absolute atomic E-state index is 12.5. The molecule has 1 fully saturated rings. The molecule has 0 spiro atoms. The number of nitrogens with zero attached hydrogens (tertiary/aromatic N) is 5. The Kier molecular flexibility index (Phi) is 5.09. The molecule has 1 aromatic carbocycles. The summed E-state index contributed by atoms with van der Waals surface area (Å²) in [4.78, 5) is 17.7. The number of halogens is 3. The number of carbonyl (C=O) groups is 1. The van der Waals surface area contributed by atoms with Gasteiger partial charge in [-0.2, -0.15) is 10.5 Å². The number of likely N-dealkylation sites (tertiary alicyclic amines) is 1. The molecule has 28 heavy (non-hydrogen) atoms. The van der Waals surface area contributed by atoms with Gasteiger partial charge in [-0.05, 0) is 18.6 Å². The lowest BCUT2D eigenvalue weighted by Gasteiger charge is -2.12. The smallest absolute Gasteiger partial charge is 0.404 e. The number of amides is 1. The van der Waals surface area contributed by atoms with E-state index in [0.717, 1.165) is 6.07 Å². The van der Waals surface area contributed by atoms with Crippen LogP contribution >= 0.6 is 0 Å². The van der Waals surface area contributed by atoms with Crippen LogP contribution in [-0.4, -0.2) is 39.8 Å². The SMILES string of the molecule is N#Cc1ccc(-n2cnc(NC(=O)C3CCN(C#N)C3)c2)cc1OC(F)(F)F. The van der Waals surface area contributed by atoms with Crippen LogP contribution < -0.4 is 10.1 Å². The van der Waals surface area contributed by atoms with Crippen molar-refractivity contribution in [1.29, 1.82) is 10.5 Å². The molecule has 0 aliphatic carbocycles. The number of alkyl halides is 3. The molecule has 11 heteroatoms. The van der Waals surface area contributed by atoms with E-state index in [2.05, 4.69) is 15.0 Å². The van der Waals surface area contributed by atoms with Crippen LogP contribution in [-0.2, 0) is 4.79 Å². The van der Waals surface area contributed by atoms with Crippen molar-refractivity contribution in [3.8, 4) is 23.7 Å². The van der Waals surface area contributed by atoms with Crippen molar-refractivity contribution in [3.05, 3.63) is 36.3 Å². The maximum Gasteiger partial charge on any atom is 0.573 e. The molecule has 1 aliphatic rings. The van der Waals surface area contributed by atoms with Crippen LogP contribution in [0.4, 0.5) is 19.0 Å². The summed E-state index contributed by atoms with van der Waals surface area (Å²) < 4.78 is 42.8. The number of aromatic nitrogens is 2. The second-order valence-electron chi connectivity index (χ2n) is 6.03. The molecule has 1 unspecified atom stereocenters. The number of nitrogens with one attached hydrogen (secondary N) is 1. The lowest BCUT2D eigenvalue weighted by molar-refractivity contribution is -0.274. The second kappa shape index (κ2) is 7.48. The minimum Gasteiger partial charge on any atom is -0.404 e. The van der Waals surface area contributed by atoms with Gasteiger partial charge in [0, 0.05) is 19.2 Å². The van der Waals surface area contributed by atoms with Gasteiger partial charge in [-0.25, -0.2) is 4.98 Å². The molecule has 2 aromatic rings. The first kappa shape index (κ1) is 19.0. The van der Waals surface area contributed by atoms with Gasteiger partial charge in [0.15, 0.2) is 12.0 Å². The Labute approximate surface area is 157 Å². The Hall–Kier alpha value is -3.73. The van der Waals surface area contributed by atoms with E-state index in [1.807, 2.05) is 6.19 Å². The Morgan fingerprint density at radius 2 is 2.14 bits per heavy atom. The maximum atomic E-state index is 12.5. The third-order valence-corrected chi connectivity index (χ3v) is 4.14. The summed E-state index contributed by atoms with van der Waals surface area (Å²) in [7, 11) is 0. The van der Waals surface area contributed by atoms with E-state index in [0.29, 0.717) is 19.5 Å². The van der Waals surface area contributed by atoms with E-state index < -0.39 is 12.1 Å². The fourth-order valence-electron chi connectivity index (χ4n) is 2.80. The van der Waals surface area contributed by atoms with Crippen LogP contribution in [0.2, 0.25) is 0 Å². The van der Waals surface area contributed by atoms with Crippen LogP contribution in [0.25, 0.3) is 5.69 Å². The summed E-state index contributed by atoms with van der Waals surface area (Å²) in [6.45, 7) is 0.840. The van der Waals surface area contributed by atoms with Crippen molar-refractivity contribution in [3.63, 3.8) is 0 Å². The zero-order valence-corrected chi connectivity index (χ0v) is 14.3. The molecular weight excluding hydrogens is 377 g/mol. The van der Waals surface area contributed by atoms with Gasteiger partial charge in [0.05, 0.1) is 23.4 Å². The standard InChI is InChI=1S/C17H13F3N6O2/c18-17(19,20)28-14-5-13(2-1-11(14)6-21)26-8-15(23-10-26)24-16(27)12-3-4-25(7-12)9-22/h1-2,5,8,10,12H,3-4,7H2,(H,24,27). The van der Waals surface area contributed by atoms with Crippen molar-refractivity contribution in [2.75, 3.05) is 18.4 Å². The number of hydrogen-bond acceptors (Lipinski definition) is 6. The number of rotatable bonds is 4. The molecule has 0 bridgehead atoms. The topological polar surface area (TPSA) is 107 Å². The average Bonchev–Trinajstić information content (AvgIpc) is 3.29. The number of benzene rings is 1. The lowest BCUT2D eigenvalue weighted by atomic mass is 10.1. The van der Waals surface area contributed by atoms with Crippen molar-refractivity contribution < 1.29 is 22.7 Å². The summed E-state index contributed by atoms with van der Waals surface area (Å²) in [5.74, 6) is -1.05. The van der Waals surface area contributed by atoms with E-state index in [-0.39, 0.29) is 28.9 Å². The molecule has 2 heterocycles. The minimum absolute atomic E-state index is 0.211. The molecule has 1 saturated heterocycles. The first-order chi connectivity index (χ1) is 13.3. The van der Waals surface area contributed by atoms with Gasteiger partial charge in [-0.3, -0.25) is 4.79 Å². The monoisotopic (exact) mass is 390 g/mol. The largest absolute Gasteiger partial charge is 0.573 e. The van der Waals surface area contributed by atoms with Crippen LogP contribution in [0.5, 0.6) is 5.75 Å². The summed E-state index contributed by atoms with van der Waals surface area (Å²) in [5.41, 5.74) is 0.000711. The number of carbonyl (C=O) groups excluding carboxylic acids is 1. The van der Waals surface area contributed by atoms with Crippen LogP contribution in [0.3, 0.4) is 0 Å². The molecule has 1 amide bonds. The predicted octanol–water partition coefficient (Wildman–Crippen LogP) is 2.38. The normalized spacial score (nSPS) is 16.3. The lowest BCUT2D eigenvalue weighted by Crippen LogP contribution is -2.25. The summed E-state index contributed by atoms with van der Waals surface area (Å²) in [6, 6.07) is 5.32. The third kappa shape index (κ3) is 4.32. The summed E-state index contributed by atoms with van der Waals surface area (Å²) >= 11 is 0. The third-order valence-electron chi connectivity index (χ3n) is 4.14. The van der Waals surface area contributed by atoms with E-state index in [9.17, 15) is 18.0 Å². The molecule has 1 aromatic heterocycles. The highest BCUT2D eigenvalue weighted by Gasteiger charge is 2.32. The minimum atomic E-state index is -4.93. The number of ether oxygens (including phenoxy) is 1. The van der Waals surface area contributed by atoms with Gasteiger partial charge < -0.3 is 19.5 Å². The highest BCUT2D eigenvalue weighted by Crippen LogP contribution is 2.28. The van der Waals surface area contributed by atoms with Gasteiger partial charge >= 0.3 is 6.36 Å². The van der Waals surface area contributed by atoms with E-state index >= 15 is 0 Å². The molecule has 144 valence electrons. The highest BCUT2D eigenvalue weighted by molar-refractivity contribution is 5.92.